The van der Waals surface area contributed by atoms with E-state index in [0.717, 1.165) is 0 Å². The zero-order valence-corrected chi connectivity index (χ0v) is 9.73. The normalized spacial score (nSPS) is 10.6. The summed E-state index contributed by atoms with van der Waals surface area (Å²) >= 11 is 0. The van der Waals surface area contributed by atoms with Gasteiger partial charge < -0.3 is 4.74 Å². The van der Waals surface area contributed by atoms with Crippen LogP contribution in [0.5, 0.6) is 0 Å². The molecule has 0 bridgehead atoms. The van der Waals surface area contributed by atoms with Crippen LogP contribution in [0.3, 0.4) is 0 Å². The summed E-state index contributed by atoms with van der Waals surface area (Å²) in [6.07, 6.45) is -3.90. The quantitative estimate of drug-likeness (QED) is 0.357. The van der Waals surface area contributed by atoms with Gasteiger partial charge in [0.15, 0.2) is 5.69 Å². The van der Waals surface area contributed by atoms with Crippen molar-refractivity contribution in [2.24, 2.45) is 0 Å². The molecule has 0 aliphatic carbocycles. The third-order valence-electron chi connectivity index (χ3n) is 2.10. The van der Waals surface area contributed by atoms with Gasteiger partial charge in [0.2, 0.25) is 5.95 Å². The fourth-order valence-corrected chi connectivity index (χ4v) is 1.33. The van der Waals surface area contributed by atoms with Gasteiger partial charge in [-0.1, -0.05) is 0 Å². The van der Waals surface area contributed by atoms with Gasteiger partial charge in [-0.25, -0.2) is 13.8 Å². The Morgan fingerprint density at radius 1 is 1.58 bits per heavy atom. The summed E-state index contributed by atoms with van der Waals surface area (Å²) in [4.78, 5) is 23.5. The van der Waals surface area contributed by atoms with Crippen molar-refractivity contribution in [3.05, 3.63) is 33.4 Å². The van der Waals surface area contributed by atoms with Crippen LogP contribution in [0.15, 0.2) is 6.07 Å². The summed E-state index contributed by atoms with van der Waals surface area (Å²) in [5.74, 6) is -2.18. The van der Waals surface area contributed by atoms with Crippen molar-refractivity contribution >= 4 is 11.7 Å². The molecular formula is C10H9F3N2O4. The molecule has 19 heavy (non-hydrogen) atoms. The first kappa shape index (κ1) is 14.9. The van der Waals surface area contributed by atoms with E-state index in [4.69, 9.17) is 0 Å². The second-order valence-electron chi connectivity index (χ2n) is 3.38. The summed E-state index contributed by atoms with van der Waals surface area (Å²) < 4.78 is 42.8. The molecule has 1 aromatic heterocycles. The van der Waals surface area contributed by atoms with E-state index in [2.05, 4.69) is 9.72 Å². The molecule has 1 aromatic rings. The van der Waals surface area contributed by atoms with Gasteiger partial charge in [0, 0.05) is 11.6 Å². The number of ether oxygens (including phenoxy) is 1. The van der Waals surface area contributed by atoms with Crippen LogP contribution < -0.4 is 0 Å². The minimum atomic E-state index is -3.29. The Morgan fingerprint density at radius 3 is 2.68 bits per heavy atom. The number of aromatic nitrogens is 1. The summed E-state index contributed by atoms with van der Waals surface area (Å²) in [6.45, 7) is 1.57. The second kappa shape index (κ2) is 6.12. The van der Waals surface area contributed by atoms with Gasteiger partial charge in [0.25, 0.3) is 12.1 Å². The molecule has 0 spiro atoms. The Balaban J connectivity index is 3.17. The predicted molar refractivity (Wildman–Crippen MR) is 56.1 cm³/mol. The number of carbonyl (C=O) groups is 1. The van der Waals surface area contributed by atoms with Gasteiger partial charge in [-0.2, -0.15) is 4.39 Å². The van der Waals surface area contributed by atoms with Gasteiger partial charge in [0.1, 0.15) is 0 Å². The zero-order chi connectivity index (χ0) is 14.6. The van der Waals surface area contributed by atoms with Crippen molar-refractivity contribution in [2.75, 3.05) is 6.61 Å². The van der Waals surface area contributed by atoms with E-state index in [1.807, 2.05) is 0 Å². The van der Waals surface area contributed by atoms with E-state index < -0.39 is 46.6 Å². The molecule has 0 aliphatic rings. The Morgan fingerprint density at radius 2 is 2.21 bits per heavy atom. The SMILES string of the molecule is CCOC(=O)Cc1cc([N+](=O)[O-])c(C(F)F)nc1F. The van der Waals surface area contributed by atoms with Crippen LogP contribution in [0.4, 0.5) is 18.9 Å². The number of alkyl halides is 2. The van der Waals surface area contributed by atoms with Crippen molar-refractivity contribution in [3.8, 4) is 0 Å². The number of rotatable bonds is 5. The second-order valence-corrected chi connectivity index (χ2v) is 3.38. The monoisotopic (exact) mass is 278 g/mol. The summed E-state index contributed by atoms with van der Waals surface area (Å²) in [7, 11) is 0. The molecular weight excluding hydrogens is 269 g/mol. The number of esters is 1. The highest BCUT2D eigenvalue weighted by atomic mass is 19.3. The van der Waals surface area contributed by atoms with Crippen molar-refractivity contribution in [2.45, 2.75) is 19.8 Å². The molecule has 0 saturated carbocycles. The number of halogens is 3. The third-order valence-corrected chi connectivity index (χ3v) is 2.10. The van der Waals surface area contributed by atoms with Crippen molar-refractivity contribution in [1.82, 2.24) is 4.98 Å². The molecule has 1 heterocycles. The van der Waals surface area contributed by atoms with Gasteiger partial charge >= 0.3 is 5.97 Å². The molecule has 0 unspecified atom stereocenters. The van der Waals surface area contributed by atoms with E-state index >= 15 is 0 Å². The molecule has 0 atom stereocenters. The molecule has 6 nitrogen and oxygen atoms in total. The Hall–Kier alpha value is -2.19. The minimum absolute atomic E-state index is 0.0467. The molecule has 9 heteroatoms. The Labute approximate surface area is 105 Å². The first-order valence-corrected chi connectivity index (χ1v) is 5.14. The lowest BCUT2D eigenvalue weighted by Crippen LogP contribution is -2.11. The van der Waals surface area contributed by atoms with Gasteiger partial charge in [-0.3, -0.25) is 14.9 Å². The average Bonchev–Trinajstić information content (AvgIpc) is 2.31. The highest BCUT2D eigenvalue weighted by molar-refractivity contribution is 5.72. The fourth-order valence-electron chi connectivity index (χ4n) is 1.33. The van der Waals surface area contributed by atoms with Crippen LogP contribution in [0.25, 0.3) is 0 Å². The van der Waals surface area contributed by atoms with E-state index in [9.17, 15) is 28.1 Å². The predicted octanol–water partition coefficient (Wildman–Crippen LogP) is 2.17. The highest BCUT2D eigenvalue weighted by Gasteiger charge is 2.27. The van der Waals surface area contributed by atoms with Crippen molar-refractivity contribution in [3.63, 3.8) is 0 Å². The molecule has 1 rings (SSSR count). The van der Waals surface area contributed by atoms with Gasteiger partial charge in [-0.15, -0.1) is 0 Å². The zero-order valence-electron chi connectivity index (χ0n) is 9.73. The lowest BCUT2D eigenvalue weighted by molar-refractivity contribution is -0.386. The third kappa shape index (κ3) is 3.63. The van der Waals surface area contributed by atoms with Crippen molar-refractivity contribution < 1.29 is 27.6 Å². The maximum absolute atomic E-state index is 13.4. The van der Waals surface area contributed by atoms with E-state index in [1.54, 1.807) is 0 Å². The number of nitro groups is 1. The largest absolute Gasteiger partial charge is 0.466 e. The molecule has 0 aliphatic heterocycles. The smallest absolute Gasteiger partial charge is 0.310 e. The van der Waals surface area contributed by atoms with E-state index in [0.29, 0.717) is 6.07 Å². The van der Waals surface area contributed by atoms with Crippen LogP contribution in [-0.4, -0.2) is 22.5 Å². The topological polar surface area (TPSA) is 82.3 Å². The molecule has 0 saturated heterocycles. The number of carbonyl (C=O) groups excluding carboxylic acids is 1. The number of hydrogen-bond donors (Lipinski definition) is 0. The molecule has 0 N–H and O–H groups in total. The average molecular weight is 278 g/mol. The molecule has 104 valence electrons. The number of pyridine rings is 1. The number of nitrogens with zero attached hydrogens (tertiary/aromatic N) is 2. The summed E-state index contributed by atoms with van der Waals surface area (Å²) in [5.41, 5.74) is -2.76. The number of hydrogen-bond acceptors (Lipinski definition) is 5. The lowest BCUT2D eigenvalue weighted by Gasteiger charge is -2.06. The Bertz CT molecular complexity index is 508. The van der Waals surface area contributed by atoms with Crippen LogP contribution in [0.2, 0.25) is 0 Å². The lowest BCUT2D eigenvalue weighted by atomic mass is 10.1. The minimum Gasteiger partial charge on any atom is -0.466 e. The van der Waals surface area contributed by atoms with Crippen molar-refractivity contribution in [1.29, 1.82) is 0 Å². The molecule has 0 radical (unpaired) electrons. The Kier molecular flexibility index (Phi) is 4.79. The first-order chi connectivity index (χ1) is 8.86. The highest BCUT2D eigenvalue weighted by Crippen LogP contribution is 2.28. The first-order valence-electron chi connectivity index (χ1n) is 5.14. The van der Waals surface area contributed by atoms with E-state index in [1.165, 1.54) is 6.92 Å². The fraction of sp³-hybridized carbons (Fsp3) is 0.400. The molecule has 0 amide bonds. The maximum Gasteiger partial charge on any atom is 0.310 e. The molecule has 0 aromatic carbocycles. The standard InChI is InChI=1S/C10H9F3N2O4/c1-2-19-7(16)4-5-3-6(15(17)18)8(9(11)12)14-10(5)13/h3,9H,2,4H2,1H3. The van der Waals surface area contributed by atoms with Crippen LogP contribution in [-0.2, 0) is 16.0 Å². The summed E-state index contributed by atoms with van der Waals surface area (Å²) in [6, 6.07) is 0.570. The van der Waals surface area contributed by atoms with Gasteiger partial charge in [-0.05, 0) is 6.92 Å². The van der Waals surface area contributed by atoms with Crippen LogP contribution >= 0.6 is 0 Å². The van der Waals surface area contributed by atoms with Crippen LogP contribution in [0.1, 0.15) is 24.6 Å². The van der Waals surface area contributed by atoms with Gasteiger partial charge in [0.05, 0.1) is 18.0 Å². The maximum atomic E-state index is 13.4. The molecule has 0 fully saturated rings. The van der Waals surface area contributed by atoms with E-state index in [-0.39, 0.29) is 6.61 Å². The van der Waals surface area contributed by atoms with Crippen LogP contribution in [0, 0.1) is 16.1 Å². The summed E-state index contributed by atoms with van der Waals surface area (Å²) in [5, 5.41) is 10.6.